The smallest absolute Gasteiger partial charge is 0.268 e. The number of carbonyl (C=O) groups excluding carboxylic acids is 1. The third-order valence-corrected chi connectivity index (χ3v) is 5.24. The van der Waals surface area contributed by atoms with E-state index in [1.807, 2.05) is 54.0 Å². The summed E-state index contributed by atoms with van der Waals surface area (Å²) in [6, 6.07) is 13.7. The van der Waals surface area contributed by atoms with Gasteiger partial charge in [0.15, 0.2) is 0 Å². The fraction of sp³-hybridized carbons (Fsp3) is 0.286. The average molecular weight is 369 g/mol. The fourth-order valence-electron chi connectivity index (χ4n) is 3.40. The van der Waals surface area contributed by atoms with Gasteiger partial charge in [-0.1, -0.05) is 48.4 Å². The molecule has 0 bridgehead atoms. The van der Waals surface area contributed by atoms with Crippen molar-refractivity contribution in [1.29, 1.82) is 0 Å². The van der Waals surface area contributed by atoms with Gasteiger partial charge in [0, 0.05) is 11.9 Å². The lowest BCUT2D eigenvalue weighted by molar-refractivity contribution is 0.0935. The van der Waals surface area contributed by atoms with Gasteiger partial charge in [-0.3, -0.25) is 4.79 Å². The van der Waals surface area contributed by atoms with E-state index in [4.69, 9.17) is 16.3 Å². The first kappa shape index (κ1) is 17.0. The molecule has 4 rings (SSSR count). The van der Waals surface area contributed by atoms with E-state index in [-0.39, 0.29) is 12.0 Å². The number of nitrogens with one attached hydrogen (secondary N) is 1. The quantitative estimate of drug-likeness (QED) is 0.725. The maximum absolute atomic E-state index is 12.9. The number of halogens is 1. The molecule has 5 heteroatoms. The molecule has 26 heavy (non-hydrogen) atoms. The molecule has 0 fully saturated rings. The fourth-order valence-corrected chi connectivity index (χ4v) is 3.61. The van der Waals surface area contributed by atoms with Crippen LogP contribution >= 0.6 is 11.6 Å². The Labute approximate surface area is 157 Å². The van der Waals surface area contributed by atoms with Crippen molar-refractivity contribution in [3.63, 3.8) is 0 Å². The Balaban J connectivity index is 1.66. The molecule has 3 aromatic rings. The largest absolute Gasteiger partial charge is 0.486 e. The van der Waals surface area contributed by atoms with Crippen LogP contribution in [0.15, 0.2) is 42.5 Å². The molecule has 0 unspecified atom stereocenters. The van der Waals surface area contributed by atoms with Crippen LogP contribution in [-0.4, -0.2) is 16.6 Å². The molecule has 0 radical (unpaired) electrons. The van der Waals surface area contributed by atoms with Crippen LogP contribution in [0.25, 0.3) is 10.9 Å². The monoisotopic (exact) mass is 368 g/mol. The van der Waals surface area contributed by atoms with Crippen molar-refractivity contribution in [2.75, 3.05) is 0 Å². The summed E-state index contributed by atoms with van der Waals surface area (Å²) in [6.45, 7) is 5.28. The molecule has 0 saturated heterocycles. The number of hydrogen-bond donors (Lipinski definition) is 1. The zero-order chi connectivity index (χ0) is 18.3. The summed E-state index contributed by atoms with van der Waals surface area (Å²) in [5, 5.41) is 4.52. The number of amides is 1. The van der Waals surface area contributed by atoms with Gasteiger partial charge in [0.05, 0.1) is 17.1 Å². The Morgan fingerprint density at radius 1 is 1.27 bits per heavy atom. The SMILES string of the molecule is CC[C@H]1Cn2c(C(=O)NCc3ccc(C)cc3)cc3c(Cl)ccc(c32)O1. The molecule has 0 saturated carbocycles. The second-order valence-electron chi connectivity index (χ2n) is 6.76. The minimum atomic E-state index is -0.0967. The van der Waals surface area contributed by atoms with Crippen LogP contribution in [0.4, 0.5) is 0 Å². The maximum atomic E-state index is 12.9. The number of aryl methyl sites for hydroxylation is 1. The summed E-state index contributed by atoms with van der Waals surface area (Å²) in [4.78, 5) is 12.9. The number of carbonyl (C=O) groups is 1. The van der Waals surface area contributed by atoms with Crippen molar-refractivity contribution in [2.24, 2.45) is 0 Å². The number of ether oxygens (including phenoxy) is 1. The third kappa shape index (κ3) is 2.95. The summed E-state index contributed by atoms with van der Waals surface area (Å²) in [7, 11) is 0. The number of hydrogen-bond acceptors (Lipinski definition) is 2. The van der Waals surface area contributed by atoms with Gasteiger partial charge in [0.2, 0.25) is 0 Å². The Morgan fingerprint density at radius 3 is 2.77 bits per heavy atom. The van der Waals surface area contributed by atoms with Gasteiger partial charge in [0.1, 0.15) is 17.5 Å². The normalized spacial score (nSPS) is 15.7. The highest BCUT2D eigenvalue weighted by Crippen LogP contribution is 2.38. The molecule has 1 aliphatic rings. The first-order valence-electron chi connectivity index (χ1n) is 8.89. The lowest BCUT2D eigenvalue weighted by Gasteiger charge is -2.26. The minimum absolute atomic E-state index is 0.0583. The number of rotatable bonds is 4. The Morgan fingerprint density at radius 2 is 2.04 bits per heavy atom. The van der Waals surface area contributed by atoms with E-state index in [1.165, 1.54) is 5.56 Å². The van der Waals surface area contributed by atoms with E-state index < -0.39 is 0 Å². The van der Waals surface area contributed by atoms with E-state index in [0.717, 1.165) is 28.6 Å². The molecule has 134 valence electrons. The second-order valence-corrected chi connectivity index (χ2v) is 7.17. The van der Waals surface area contributed by atoms with Gasteiger partial charge in [-0.15, -0.1) is 0 Å². The molecule has 1 N–H and O–H groups in total. The van der Waals surface area contributed by atoms with E-state index >= 15 is 0 Å². The Hall–Kier alpha value is -2.46. The first-order chi connectivity index (χ1) is 12.6. The predicted octanol–water partition coefficient (Wildman–Crippen LogP) is 4.70. The number of nitrogens with zero attached hydrogens (tertiary/aromatic N) is 1. The molecule has 2 aromatic carbocycles. The van der Waals surface area contributed by atoms with Crippen LogP contribution in [-0.2, 0) is 13.1 Å². The van der Waals surface area contributed by atoms with Crippen LogP contribution in [0.1, 0.15) is 35.0 Å². The van der Waals surface area contributed by atoms with Crippen molar-refractivity contribution >= 4 is 28.4 Å². The van der Waals surface area contributed by atoms with Crippen LogP contribution in [0, 0.1) is 6.92 Å². The maximum Gasteiger partial charge on any atom is 0.268 e. The third-order valence-electron chi connectivity index (χ3n) is 4.91. The van der Waals surface area contributed by atoms with E-state index in [1.54, 1.807) is 0 Å². The number of benzene rings is 2. The lowest BCUT2D eigenvalue weighted by Crippen LogP contribution is -2.31. The van der Waals surface area contributed by atoms with Crippen molar-refractivity contribution in [3.05, 3.63) is 64.3 Å². The van der Waals surface area contributed by atoms with E-state index in [2.05, 4.69) is 12.2 Å². The molecular weight excluding hydrogens is 348 g/mol. The van der Waals surface area contributed by atoms with Crippen molar-refractivity contribution < 1.29 is 9.53 Å². The Kier molecular flexibility index (Phi) is 4.37. The van der Waals surface area contributed by atoms with Crippen LogP contribution in [0.5, 0.6) is 5.75 Å². The molecule has 1 atom stereocenters. The lowest BCUT2D eigenvalue weighted by atomic mass is 10.1. The van der Waals surface area contributed by atoms with Crippen LogP contribution in [0.2, 0.25) is 5.02 Å². The molecule has 1 aromatic heterocycles. The molecule has 0 aliphatic carbocycles. The highest BCUT2D eigenvalue weighted by Gasteiger charge is 2.26. The van der Waals surface area contributed by atoms with E-state index in [0.29, 0.717) is 23.8 Å². The van der Waals surface area contributed by atoms with Gasteiger partial charge in [-0.2, -0.15) is 0 Å². The van der Waals surface area contributed by atoms with Crippen molar-refractivity contribution in [3.8, 4) is 5.75 Å². The van der Waals surface area contributed by atoms with Gasteiger partial charge in [0.25, 0.3) is 5.91 Å². The zero-order valence-electron chi connectivity index (χ0n) is 14.9. The van der Waals surface area contributed by atoms with Crippen molar-refractivity contribution in [1.82, 2.24) is 9.88 Å². The second kappa shape index (κ2) is 6.69. The molecule has 1 amide bonds. The van der Waals surface area contributed by atoms with Crippen molar-refractivity contribution in [2.45, 2.75) is 39.5 Å². The molecular formula is C21H21ClN2O2. The topological polar surface area (TPSA) is 43.3 Å². The average Bonchev–Trinajstić information content (AvgIpc) is 3.05. The Bertz CT molecular complexity index is 976. The molecule has 2 heterocycles. The predicted molar refractivity (Wildman–Crippen MR) is 104 cm³/mol. The van der Waals surface area contributed by atoms with Gasteiger partial charge >= 0.3 is 0 Å². The van der Waals surface area contributed by atoms with E-state index in [9.17, 15) is 4.79 Å². The molecule has 0 spiro atoms. The summed E-state index contributed by atoms with van der Waals surface area (Å²) in [6.07, 6.45) is 0.939. The number of aromatic nitrogens is 1. The zero-order valence-corrected chi connectivity index (χ0v) is 15.6. The molecule has 1 aliphatic heterocycles. The van der Waals surface area contributed by atoms with Crippen LogP contribution in [0.3, 0.4) is 0 Å². The standard InChI is InChI=1S/C21H21ClN2O2/c1-3-15-12-24-18(10-16-17(22)8-9-19(26-15)20(16)24)21(25)23-11-14-6-4-13(2)5-7-14/h4-10,15H,3,11-12H2,1-2H3,(H,23,25)/t15-/m0/s1. The highest BCUT2D eigenvalue weighted by atomic mass is 35.5. The summed E-state index contributed by atoms with van der Waals surface area (Å²) in [5.41, 5.74) is 3.81. The van der Waals surface area contributed by atoms with Crippen LogP contribution < -0.4 is 10.1 Å². The summed E-state index contributed by atoms with van der Waals surface area (Å²) >= 11 is 6.36. The highest BCUT2D eigenvalue weighted by molar-refractivity contribution is 6.36. The van der Waals surface area contributed by atoms with Gasteiger partial charge in [-0.05, 0) is 37.1 Å². The first-order valence-corrected chi connectivity index (χ1v) is 9.26. The minimum Gasteiger partial charge on any atom is -0.486 e. The summed E-state index contributed by atoms with van der Waals surface area (Å²) < 4.78 is 8.07. The molecule has 4 nitrogen and oxygen atoms in total. The van der Waals surface area contributed by atoms with Gasteiger partial charge in [-0.25, -0.2) is 0 Å². The summed E-state index contributed by atoms with van der Waals surface area (Å²) in [5.74, 6) is 0.695. The van der Waals surface area contributed by atoms with Gasteiger partial charge < -0.3 is 14.6 Å².